The molecule has 0 saturated heterocycles. The molecule has 0 aliphatic carbocycles. The number of rotatable bonds is 2. The van der Waals surface area contributed by atoms with Crippen LogP contribution in [0.2, 0.25) is 0 Å². The molecule has 0 amide bonds. The largest absolute Gasteiger partial charge is 0.374 e. The lowest BCUT2D eigenvalue weighted by molar-refractivity contribution is 1.08. The average Bonchev–Trinajstić information content (AvgIpc) is 3.00. The number of nitrogens with zero attached hydrogens (tertiary/aromatic N) is 3. The molecule has 3 aromatic rings. The normalized spacial score (nSPS) is 10.6. The zero-order valence-electron chi connectivity index (χ0n) is 8.95. The minimum atomic E-state index is 0.492. The third-order valence-corrected chi connectivity index (χ3v) is 3.24. The van der Waals surface area contributed by atoms with Crippen LogP contribution in [0.3, 0.4) is 0 Å². The van der Waals surface area contributed by atoms with Crippen LogP contribution in [-0.2, 0) is 0 Å². The summed E-state index contributed by atoms with van der Waals surface area (Å²) in [7, 11) is 0. The molecule has 2 heterocycles. The van der Waals surface area contributed by atoms with Crippen molar-refractivity contribution in [3.05, 3.63) is 48.8 Å². The second kappa shape index (κ2) is 4.03. The number of hydrogen-bond donors (Lipinski definition) is 1. The fraction of sp³-hybridized carbons (Fsp3) is 0. The molecule has 5 heteroatoms. The van der Waals surface area contributed by atoms with Crippen LogP contribution >= 0.6 is 11.3 Å². The molecular weight excluding hydrogens is 232 g/mol. The summed E-state index contributed by atoms with van der Waals surface area (Å²) < 4.78 is 2.05. The monoisotopic (exact) mass is 242 g/mol. The van der Waals surface area contributed by atoms with Gasteiger partial charge < -0.3 is 10.3 Å². The lowest BCUT2D eigenvalue weighted by Crippen LogP contribution is -1.89. The molecule has 0 atom stereocenters. The quantitative estimate of drug-likeness (QED) is 0.751. The summed E-state index contributed by atoms with van der Waals surface area (Å²) in [6, 6.07) is 12.1. The molecule has 3 rings (SSSR count). The Bertz CT molecular complexity index is 628. The van der Waals surface area contributed by atoms with Crippen molar-refractivity contribution < 1.29 is 0 Å². The molecule has 0 bridgehead atoms. The van der Waals surface area contributed by atoms with Crippen LogP contribution in [-0.4, -0.2) is 14.8 Å². The van der Waals surface area contributed by atoms with Gasteiger partial charge in [-0.05, 0) is 24.3 Å². The number of nitrogen functional groups attached to an aromatic ring is 1. The summed E-state index contributed by atoms with van der Waals surface area (Å²) in [6.45, 7) is 0. The van der Waals surface area contributed by atoms with Gasteiger partial charge in [-0.1, -0.05) is 23.5 Å². The highest BCUT2D eigenvalue weighted by atomic mass is 32.1. The van der Waals surface area contributed by atoms with E-state index in [0.717, 1.165) is 16.3 Å². The van der Waals surface area contributed by atoms with Crippen molar-refractivity contribution in [3.8, 4) is 16.3 Å². The van der Waals surface area contributed by atoms with E-state index in [1.165, 1.54) is 11.3 Å². The Morgan fingerprint density at radius 1 is 1.06 bits per heavy atom. The van der Waals surface area contributed by atoms with Crippen molar-refractivity contribution in [3.63, 3.8) is 0 Å². The van der Waals surface area contributed by atoms with Crippen LogP contribution in [0, 0.1) is 0 Å². The van der Waals surface area contributed by atoms with Crippen molar-refractivity contribution in [1.82, 2.24) is 14.8 Å². The minimum absolute atomic E-state index is 0.492. The van der Waals surface area contributed by atoms with Gasteiger partial charge >= 0.3 is 0 Å². The van der Waals surface area contributed by atoms with Gasteiger partial charge in [0.1, 0.15) is 5.01 Å². The van der Waals surface area contributed by atoms with Gasteiger partial charge in [0.2, 0.25) is 5.13 Å². The molecule has 4 nitrogen and oxygen atoms in total. The summed E-state index contributed by atoms with van der Waals surface area (Å²) in [5, 5.41) is 9.20. The first-order chi connectivity index (χ1) is 8.33. The summed E-state index contributed by atoms with van der Waals surface area (Å²) in [4.78, 5) is 0. The number of hydrogen-bond acceptors (Lipinski definition) is 4. The molecule has 2 N–H and O–H groups in total. The summed E-state index contributed by atoms with van der Waals surface area (Å²) >= 11 is 1.39. The maximum atomic E-state index is 5.59. The number of aromatic nitrogens is 3. The Morgan fingerprint density at radius 3 is 2.59 bits per heavy atom. The summed E-state index contributed by atoms with van der Waals surface area (Å²) in [5.74, 6) is 0. The standard InChI is InChI=1S/C12H10N4S/c13-12-15-14-11(17-12)9-4-3-5-10(8-9)16-6-1-2-7-16/h1-8H,(H2,13,15). The van der Waals surface area contributed by atoms with Gasteiger partial charge in [0, 0.05) is 23.6 Å². The average molecular weight is 242 g/mol. The van der Waals surface area contributed by atoms with Gasteiger partial charge in [-0.15, -0.1) is 10.2 Å². The van der Waals surface area contributed by atoms with Crippen LogP contribution in [0.25, 0.3) is 16.3 Å². The van der Waals surface area contributed by atoms with Crippen LogP contribution in [0.15, 0.2) is 48.8 Å². The Morgan fingerprint density at radius 2 is 1.88 bits per heavy atom. The SMILES string of the molecule is Nc1nnc(-c2cccc(-n3cccc3)c2)s1. The molecule has 0 spiro atoms. The van der Waals surface area contributed by atoms with Gasteiger partial charge in [0.15, 0.2) is 0 Å². The van der Waals surface area contributed by atoms with Gasteiger partial charge in [0.25, 0.3) is 0 Å². The highest BCUT2D eigenvalue weighted by Crippen LogP contribution is 2.26. The van der Waals surface area contributed by atoms with E-state index in [1.54, 1.807) is 0 Å². The van der Waals surface area contributed by atoms with E-state index < -0.39 is 0 Å². The molecule has 0 unspecified atom stereocenters. The Balaban J connectivity index is 2.05. The third kappa shape index (κ3) is 1.92. The van der Waals surface area contributed by atoms with Gasteiger partial charge in [-0.3, -0.25) is 0 Å². The van der Waals surface area contributed by atoms with Crippen molar-refractivity contribution in [2.75, 3.05) is 5.73 Å². The smallest absolute Gasteiger partial charge is 0.203 e. The maximum Gasteiger partial charge on any atom is 0.203 e. The molecule has 0 aliphatic heterocycles. The molecule has 1 aromatic carbocycles. The predicted molar refractivity (Wildman–Crippen MR) is 69.1 cm³/mol. The van der Waals surface area contributed by atoms with Crippen molar-refractivity contribution in [2.24, 2.45) is 0 Å². The van der Waals surface area contributed by atoms with E-state index in [0.29, 0.717) is 5.13 Å². The van der Waals surface area contributed by atoms with E-state index in [1.807, 2.05) is 47.3 Å². The molecular formula is C12H10N4S. The van der Waals surface area contributed by atoms with Gasteiger partial charge in [-0.25, -0.2) is 0 Å². The third-order valence-electron chi connectivity index (χ3n) is 2.44. The van der Waals surface area contributed by atoms with Gasteiger partial charge in [0.05, 0.1) is 0 Å². The Hall–Kier alpha value is -2.14. The van der Waals surface area contributed by atoms with E-state index in [4.69, 9.17) is 5.73 Å². The van der Waals surface area contributed by atoms with Gasteiger partial charge in [-0.2, -0.15) is 0 Å². The Labute approximate surface area is 102 Å². The topological polar surface area (TPSA) is 56.7 Å². The highest BCUT2D eigenvalue weighted by molar-refractivity contribution is 7.18. The highest BCUT2D eigenvalue weighted by Gasteiger charge is 2.05. The van der Waals surface area contributed by atoms with Crippen molar-refractivity contribution in [2.45, 2.75) is 0 Å². The van der Waals surface area contributed by atoms with Crippen LogP contribution in [0.5, 0.6) is 0 Å². The first-order valence-corrected chi connectivity index (χ1v) is 5.97. The van der Waals surface area contributed by atoms with E-state index >= 15 is 0 Å². The lowest BCUT2D eigenvalue weighted by Gasteiger charge is -2.03. The first-order valence-electron chi connectivity index (χ1n) is 5.16. The molecule has 84 valence electrons. The minimum Gasteiger partial charge on any atom is -0.374 e. The fourth-order valence-electron chi connectivity index (χ4n) is 1.66. The molecule has 2 aromatic heterocycles. The fourth-order valence-corrected chi connectivity index (χ4v) is 2.26. The first kappa shape index (κ1) is 10.0. The molecule has 17 heavy (non-hydrogen) atoms. The lowest BCUT2D eigenvalue weighted by atomic mass is 10.2. The zero-order valence-corrected chi connectivity index (χ0v) is 9.76. The second-order valence-corrected chi connectivity index (χ2v) is 4.60. The van der Waals surface area contributed by atoms with Crippen LogP contribution < -0.4 is 5.73 Å². The Kier molecular flexibility index (Phi) is 2.38. The molecule has 0 saturated carbocycles. The zero-order chi connectivity index (χ0) is 11.7. The number of benzene rings is 1. The second-order valence-electron chi connectivity index (χ2n) is 3.59. The van der Waals surface area contributed by atoms with Crippen LogP contribution in [0.4, 0.5) is 5.13 Å². The van der Waals surface area contributed by atoms with E-state index in [9.17, 15) is 0 Å². The summed E-state index contributed by atoms with van der Waals surface area (Å²) in [5.41, 5.74) is 7.72. The van der Waals surface area contributed by atoms with Crippen LogP contribution in [0.1, 0.15) is 0 Å². The predicted octanol–water partition coefficient (Wildman–Crippen LogP) is 2.58. The number of anilines is 1. The maximum absolute atomic E-state index is 5.59. The molecule has 0 radical (unpaired) electrons. The van der Waals surface area contributed by atoms with E-state index in [2.05, 4.69) is 16.3 Å². The molecule has 0 aliphatic rings. The molecule has 0 fully saturated rings. The van der Waals surface area contributed by atoms with Crippen molar-refractivity contribution in [1.29, 1.82) is 0 Å². The van der Waals surface area contributed by atoms with E-state index in [-0.39, 0.29) is 0 Å². The number of nitrogens with two attached hydrogens (primary N) is 1. The summed E-state index contributed by atoms with van der Waals surface area (Å²) in [6.07, 6.45) is 4.02. The van der Waals surface area contributed by atoms with Crippen molar-refractivity contribution >= 4 is 16.5 Å².